The molecule has 2 heterocycles. The van der Waals surface area contributed by atoms with E-state index in [-0.39, 0.29) is 17.9 Å². The van der Waals surface area contributed by atoms with Gasteiger partial charge in [0.05, 0.1) is 25.3 Å². The maximum atomic E-state index is 12.9. The number of likely N-dealkylation sites (tertiary alicyclic amines) is 1. The molecule has 1 aromatic rings. The van der Waals surface area contributed by atoms with E-state index in [0.717, 1.165) is 17.7 Å². The Morgan fingerprint density at radius 1 is 1.14 bits per heavy atom. The lowest BCUT2D eigenvalue weighted by molar-refractivity contribution is -0.137. The van der Waals surface area contributed by atoms with Crippen LogP contribution in [-0.2, 0) is 10.9 Å². The Labute approximate surface area is 161 Å². The summed E-state index contributed by atoms with van der Waals surface area (Å²) in [5.41, 5.74) is 0.101. The third-order valence-electron chi connectivity index (χ3n) is 5.22. The van der Waals surface area contributed by atoms with Crippen molar-refractivity contribution in [1.82, 2.24) is 9.80 Å². The van der Waals surface area contributed by atoms with Gasteiger partial charge in [0.25, 0.3) is 0 Å². The van der Waals surface area contributed by atoms with E-state index in [9.17, 15) is 18.0 Å². The minimum atomic E-state index is -4.37. The summed E-state index contributed by atoms with van der Waals surface area (Å²) < 4.78 is 43.8. The second-order valence-electron chi connectivity index (χ2n) is 7.14. The number of halogens is 3. The van der Waals surface area contributed by atoms with Crippen molar-refractivity contribution in [3.63, 3.8) is 0 Å². The predicted molar refractivity (Wildman–Crippen MR) is 95.6 cm³/mol. The number of piperidine rings is 1. The van der Waals surface area contributed by atoms with Crippen LogP contribution in [0.3, 0.4) is 0 Å². The van der Waals surface area contributed by atoms with Crippen LogP contribution in [0, 0.1) is 5.92 Å². The smallest absolute Gasteiger partial charge is 0.378 e. The van der Waals surface area contributed by atoms with Crippen molar-refractivity contribution >= 4 is 6.03 Å². The number of alkyl halides is 3. The molecule has 2 aliphatic heterocycles. The first-order valence-electron chi connectivity index (χ1n) is 9.24. The maximum absolute atomic E-state index is 12.9. The van der Waals surface area contributed by atoms with Gasteiger partial charge in [-0.1, -0.05) is 17.4 Å². The molecular weight excluding hydrogens is 375 g/mol. The number of nitrogens with zero attached hydrogens (tertiary/aromatic N) is 4. The van der Waals surface area contributed by atoms with Gasteiger partial charge in [-0.2, -0.15) is 18.3 Å². The average Bonchev–Trinajstić information content (AvgIpc) is 2.71. The number of carbonyl (C=O) groups excluding carboxylic acids is 1. The fraction of sp³-hybridized carbons (Fsp3) is 0.611. The molecule has 0 aliphatic carbocycles. The topological polar surface area (TPSA) is 83.5 Å². The summed E-state index contributed by atoms with van der Waals surface area (Å²) in [6, 6.07) is 5.10. The number of morpholine rings is 1. The predicted octanol–water partition coefficient (Wildman–Crippen LogP) is 2.89. The highest BCUT2D eigenvalue weighted by Crippen LogP contribution is 2.34. The number of benzene rings is 1. The standard InChI is InChI=1S/C18H24F3N5O2/c19-18(20,21)16-3-1-14(2-4-16)15-9-13(10-23-24-22)11-26(12-15)17(27)25-5-7-28-8-6-25/h1-4,13,15H,5-12H2,(H2,22,23). The minimum Gasteiger partial charge on any atom is -0.378 e. The lowest BCUT2D eigenvalue weighted by atomic mass is 9.84. The summed E-state index contributed by atoms with van der Waals surface area (Å²) in [6.45, 7) is 3.44. The summed E-state index contributed by atoms with van der Waals surface area (Å²) in [6.07, 6.45) is -3.66. The first kappa shape index (κ1) is 20.4. The van der Waals surface area contributed by atoms with Crippen LogP contribution in [0.15, 0.2) is 34.6 Å². The average molecular weight is 399 g/mol. The zero-order valence-corrected chi connectivity index (χ0v) is 15.4. The monoisotopic (exact) mass is 399 g/mol. The first-order chi connectivity index (χ1) is 13.4. The van der Waals surface area contributed by atoms with Gasteiger partial charge in [0.2, 0.25) is 0 Å². The second kappa shape index (κ2) is 8.76. The van der Waals surface area contributed by atoms with Crippen LogP contribution >= 0.6 is 0 Å². The van der Waals surface area contributed by atoms with Gasteiger partial charge < -0.3 is 20.4 Å². The van der Waals surface area contributed by atoms with Crippen LogP contribution < -0.4 is 5.84 Å². The second-order valence-corrected chi connectivity index (χ2v) is 7.14. The van der Waals surface area contributed by atoms with Gasteiger partial charge in [-0.05, 0) is 30.0 Å². The third kappa shape index (κ3) is 4.92. The van der Waals surface area contributed by atoms with Crippen molar-refractivity contribution in [3.8, 4) is 0 Å². The number of rotatable bonds is 3. The Bertz CT molecular complexity index is 689. The number of ether oxygens (including phenoxy) is 1. The van der Waals surface area contributed by atoms with Crippen molar-refractivity contribution in [2.45, 2.75) is 18.5 Å². The number of nitrogens with two attached hydrogens (primary N) is 1. The van der Waals surface area contributed by atoms with Gasteiger partial charge >= 0.3 is 12.2 Å². The van der Waals surface area contributed by atoms with Crippen LogP contribution in [0.25, 0.3) is 0 Å². The van der Waals surface area contributed by atoms with Crippen molar-refractivity contribution in [1.29, 1.82) is 0 Å². The molecule has 0 spiro atoms. The van der Waals surface area contributed by atoms with Gasteiger partial charge in [-0.15, -0.1) is 0 Å². The summed E-state index contributed by atoms with van der Waals surface area (Å²) in [7, 11) is 0. The van der Waals surface area contributed by atoms with Crippen molar-refractivity contribution < 1.29 is 22.7 Å². The molecule has 28 heavy (non-hydrogen) atoms. The Kier molecular flexibility index (Phi) is 6.38. The van der Waals surface area contributed by atoms with Crippen LogP contribution in [0.1, 0.15) is 23.5 Å². The molecule has 0 aromatic heterocycles. The fourth-order valence-electron chi connectivity index (χ4n) is 3.80. The molecule has 1 aromatic carbocycles. The van der Waals surface area contributed by atoms with Gasteiger partial charge in [0.15, 0.2) is 0 Å². The molecule has 2 N–H and O–H groups in total. The van der Waals surface area contributed by atoms with E-state index in [2.05, 4.69) is 10.3 Å². The Morgan fingerprint density at radius 3 is 2.43 bits per heavy atom. The Morgan fingerprint density at radius 2 is 1.82 bits per heavy atom. The number of hydrogen-bond donors (Lipinski definition) is 1. The van der Waals surface area contributed by atoms with Gasteiger partial charge in [0, 0.05) is 32.1 Å². The molecule has 2 amide bonds. The highest BCUT2D eigenvalue weighted by atomic mass is 19.4. The lowest BCUT2D eigenvalue weighted by Gasteiger charge is -2.40. The molecule has 0 bridgehead atoms. The van der Waals surface area contributed by atoms with Crippen molar-refractivity contribution in [3.05, 3.63) is 35.4 Å². The van der Waals surface area contributed by atoms with E-state index in [0.29, 0.717) is 52.4 Å². The summed E-state index contributed by atoms with van der Waals surface area (Å²) in [5, 5.41) is 7.15. The first-order valence-corrected chi connectivity index (χ1v) is 9.24. The lowest BCUT2D eigenvalue weighted by Crippen LogP contribution is -2.52. The maximum Gasteiger partial charge on any atom is 0.416 e. The fourth-order valence-corrected chi connectivity index (χ4v) is 3.80. The van der Waals surface area contributed by atoms with Crippen LogP contribution in [-0.4, -0.2) is 61.8 Å². The molecule has 2 saturated heterocycles. The number of urea groups is 1. The van der Waals surface area contributed by atoms with E-state index >= 15 is 0 Å². The zero-order chi connectivity index (χ0) is 20.1. The summed E-state index contributed by atoms with van der Waals surface area (Å²) in [4.78, 5) is 16.4. The van der Waals surface area contributed by atoms with E-state index in [1.807, 2.05) is 0 Å². The van der Waals surface area contributed by atoms with E-state index in [4.69, 9.17) is 10.6 Å². The van der Waals surface area contributed by atoms with Crippen LogP contribution in [0.5, 0.6) is 0 Å². The van der Waals surface area contributed by atoms with E-state index in [1.165, 1.54) is 12.1 Å². The summed E-state index contributed by atoms with van der Waals surface area (Å²) >= 11 is 0. The molecule has 154 valence electrons. The number of amides is 2. The quantitative estimate of drug-likeness (QED) is 0.482. The molecule has 2 atom stereocenters. The molecule has 2 unspecified atom stereocenters. The SMILES string of the molecule is NN=NCC1CC(c2ccc(C(F)(F)F)cc2)CN(C(=O)N2CCOCC2)C1. The molecular formula is C18H24F3N5O2. The molecule has 0 saturated carbocycles. The van der Waals surface area contributed by atoms with Crippen LogP contribution in [0.4, 0.5) is 18.0 Å². The summed E-state index contributed by atoms with van der Waals surface area (Å²) in [5.74, 6) is 5.08. The van der Waals surface area contributed by atoms with Gasteiger partial charge in [-0.3, -0.25) is 0 Å². The highest BCUT2D eigenvalue weighted by molar-refractivity contribution is 5.74. The number of hydrogen-bond acceptors (Lipinski definition) is 4. The molecule has 10 heteroatoms. The number of carbonyl (C=O) groups is 1. The molecule has 3 rings (SSSR count). The van der Waals surface area contributed by atoms with E-state index in [1.54, 1.807) is 9.80 Å². The van der Waals surface area contributed by atoms with E-state index < -0.39 is 11.7 Å². The van der Waals surface area contributed by atoms with Gasteiger partial charge in [0.1, 0.15) is 0 Å². The highest BCUT2D eigenvalue weighted by Gasteiger charge is 2.34. The minimum absolute atomic E-state index is 0.0401. The molecule has 0 radical (unpaired) electrons. The largest absolute Gasteiger partial charge is 0.416 e. The normalized spacial score (nSPS) is 24.0. The Balaban J connectivity index is 1.76. The van der Waals surface area contributed by atoms with Crippen molar-refractivity contribution in [2.24, 2.45) is 22.1 Å². The third-order valence-corrected chi connectivity index (χ3v) is 5.22. The Hall–Kier alpha value is -2.36. The van der Waals surface area contributed by atoms with Crippen LogP contribution in [0.2, 0.25) is 0 Å². The zero-order valence-electron chi connectivity index (χ0n) is 15.4. The molecule has 2 aliphatic rings. The van der Waals surface area contributed by atoms with Crippen molar-refractivity contribution in [2.75, 3.05) is 45.9 Å². The van der Waals surface area contributed by atoms with Gasteiger partial charge in [-0.25, -0.2) is 4.79 Å². The molecule has 7 nitrogen and oxygen atoms in total. The molecule has 2 fully saturated rings.